The van der Waals surface area contributed by atoms with Gasteiger partial charge in [0.2, 0.25) is 11.8 Å². The molecule has 4 rings (SSSR count). The fraction of sp³-hybridized carbons (Fsp3) is 0.278. The molecule has 0 heterocycles. The van der Waals surface area contributed by atoms with Gasteiger partial charge in [0.1, 0.15) is 18.3 Å². The average molecular weight is 776 g/mol. The van der Waals surface area contributed by atoms with Gasteiger partial charge in [0.15, 0.2) is 0 Å². The van der Waals surface area contributed by atoms with Crippen LogP contribution in [0.5, 0.6) is 5.75 Å². The van der Waals surface area contributed by atoms with Crippen molar-refractivity contribution in [3.63, 3.8) is 0 Å². The van der Waals surface area contributed by atoms with Gasteiger partial charge >= 0.3 is 0 Å². The topological polar surface area (TPSA) is 96.0 Å². The van der Waals surface area contributed by atoms with E-state index >= 15 is 0 Å². The molecular weight excluding hydrogens is 737 g/mol. The first-order valence-corrected chi connectivity index (χ1v) is 18.3. The zero-order valence-electron chi connectivity index (χ0n) is 27.1. The van der Waals surface area contributed by atoms with E-state index in [0.29, 0.717) is 32.4 Å². The van der Waals surface area contributed by atoms with Crippen LogP contribution in [-0.4, -0.2) is 49.9 Å². The lowest BCUT2D eigenvalue weighted by molar-refractivity contribution is -0.140. The molecule has 2 amide bonds. The summed E-state index contributed by atoms with van der Waals surface area (Å²) in [7, 11) is -4.26. The van der Waals surface area contributed by atoms with Crippen LogP contribution in [-0.2, 0) is 32.6 Å². The minimum absolute atomic E-state index is 0.00834. The SMILES string of the molecule is CCOc1ccc(N(CC(=O)N(Cc2ccc(Cl)cc2Cl)[C@@H](Cc2ccccc2)C(=O)NC(C)(C)C)S(=O)(=O)c2ccc(Br)cc2)cc1. The molecule has 4 aromatic rings. The van der Waals surface area contributed by atoms with Gasteiger partial charge in [-0.05, 0) is 99.5 Å². The number of hydrogen-bond donors (Lipinski definition) is 1. The number of ether oxygens (including phenoxy) is 1. The molecule has 1 atom stereocenters. The number of benzene rings is 4. The number of carbonyl (C=O) groups is 2. The summed E-state index contributed by atoms with van der Waals surface area (Å²) < 4.78 is 35.8. The summed E-state index contributed by atoms with van der Waals surface area (Å²) in [4.78, 5) is 30.1. The van der Waals surface area contributed by atoms with Gasteiger partial charge in [0, 0.05) is 33.0 Å². The van der Waals surface area contributed by atoms with Crippen LogP contribution in [0.4, 0.5) is 5.69 Å². The maximum absolute atomic E-state index is 14.7. The molecule has 0 fully saturated rings. The molecule has 0 aromatic heterocycles. The molecule has 0 saturated heterocycles. The second kappa shape index (κ2) is 16.2. The summed E-state index contributed by atoms with van der Waals surface area (Å²) in [6.45, 7) is 7.15. The number of amides is 2. The van der Waals surface area contributed by atoms with Crippen LogP contribution in [0.2, 0.25) is 10.0 Å². The summed E-state index contributed by atoms with van der Waals surface area (Å²) in [6, 6.07) is 25.8. The lowest BCUT2D eigenvalue weighted by Gasteiger charge is -2.35. The predicted molar refractivity (Wildman–Crippen MR) is 195 cm³/mol. The van der Waals surface area contributed by atoms with Gasteiger partial charge in [-0.3, -0.25) is 13.9 Å². The van der Waals surface area contributed by atoms with Crippen molar-refractivity contribution in [3.8, 4) is 5.75 Å². The molecule has 48 heavy (non-hydrogen) atoms. The van der Waals surface area contributed by atoms with E-state index < -0.39 is 40.0 Å². The first-order valence-electron chi connectivity index (χ1n) is 15.3. The third kappa shape index (κ3) is 9.98. The smallest absolute Gasteiger partial charge is 0.264 e. The molecule has 1 N–H and O–H groups in total. The number of carbonyl (C=O) groups excluding carboxylic acids is 2. The number of hydrogen-bond acceptors (Lipinski definition) is 5. The Kier molecular flexibility index (Phi) is 12.6. The van der Waals surface area contributed by atoms with E-state index in [1.54, 1.807) is 54.6 Å². The molecule has 0 unspecified atom stereocenters. The Labute approximate surface area is 301 Å². The van der Waals surface area contributed by atoms with Gasteiger partial charge in [-0.25, -0.2) is 8.42 Å². The van der Waals surface area contributed by atoms with Crippen LogP contribution in [0.15, 0.2) is 106 Å². The lowest BCUT2D eigenvalue weighted by Crippen LogP contribution is -2.56. The highest BCUT2D eigenvalue weighted by atomic mass is 79.9. The van der Waals surface area contributed by atoms with E-state index in [9.17, 15) is 18.0 Å². The zero-order valence-corrected chi connectivity index (χ0v) is 31.0. The number of sulfonamides is 1. The van der Waals surface area contributed by atoms with Crippen LogP contribution < -0.4 is 14.4 Å². The molecule has 0 aliphatic rings. The zero-order chi connectivity index (χ0) is 35.1. The van der Waals surface area contributed by atoms with Crippen LogP contribution in [0, 0.1) is 0 Å². The summed E-state index contributed by atoms with van der Waals surface area (Å²) in [6.07, 6.45) is 0.169. The molecule has 0 aliphatic heterocycles. The summed E-state index contributed by atoms with van der Waals surface area (Å²) in [5, 5.41) is 3.73. The highest BCUT2D eigenvalue weighted by Crippen LogP contribution is 2.29. The van der Waals surface area contributed by atoms with Crippen molar-refractivity contribution in [2.24, 2.45) is 0 Å². The second-order valence-corrected chi connectivity index (χ2v) is 15.7. The van der Waals surface area contributed by atoms with Crippen molar-refractivity contribution in [1.29, 1.82) is 0 Å². The van der Waals surface area contributed by atoms with Crippen molar-refractivity contribution in [2.45, 2.75) is 57.1 Å². The van der Waals surface area contributed by atoms with Crippen molar-refractivity contribution in [2.75, 3.05) is 17.5 Å². The van der Waals surface area contributed by atoms with Crippen molar-refractivity contribution >= 4 is 66.7 Å². The van der Waals surface area contributed by atoms with Crippen LogP contribution >= 0.6 is 39.1 Å². The van der Waals surface area contributed by atoms with E-state index in [4.69, 9.17) is 27.9 Å². The van der Waals surface area contributed by atoms with E-state index in [0.717, 1.165) is 9.87 Å². The summed E-state index contributed by atoms with van der Waals surface area (Å²) in [5.74, 6) is -0.455. The fourth-order valence-corrected chi connectivity index (χ4v) is 7.12. The van der Waals surface area contributed by atoms with Gasteiger partial charge in [0.05, 0.1) is 17.2 Å². The normalized spacial score (nSPS) is 12.2. The van der Waals surface area contributed by atoms with E-state index in [-0.39, 0.29) is 23.5 Å². The quantitative estimate of drug-likeness (QED) is 0.149. The lowest BCUT2D eigenvalue weighted by atomic mass is 10.0. The maximum atomic E-state index is 14.7. The highest BCUT2D eigenvalue weighted by Gasteiger charge is 2.36. The minimum Gasteiger partial charge on any atom is -0.494 e. The molecule has 12 heteroatoms. The Morgan fingerprint density at radius 1 is 0.917 bits per heavy atom. The third-order valence-corrected chi connectivity index (χ3v) is 10.1. The summed E-state index contributed by atoms with van der Waals surface area (Å²) >= 11 is 16.1. The molecule has 0 aliphatic carbocycles. The van der Waals surface area contributed by atoms with E-state index in [1.165, 1.54) is 17.0 Å². The molecule has 0 bridgehead atoms. The Balaban J connectivity index is 1.84. The molecule has 0 spiro atoms. The molecule has 0 radical (unpaired) electrons. The standard InChI is InChI=1S/C36H38BrCl2N3O5S/c1-5-47-30-17-15-29(16-18-30)42(48(45,46)31-19-12-27(37)13-20-31)24-34(43)41(23-26-11-14-28(38)22-32(26)39)33(35(44)40-36(2,3)4)21-25-9-7-6-8-10-25/h6-20,22,33H,5,21,23-24H2,1-4H3,(H,40,44)/t33-/m0/s1. The number of halogens is 3. The van der Waals surface area contributed by atoms with Gasteiger partial charge in [-0.1, -0.05) is 75.5 Å². The Hall–Kier alpha value is -3.57. The largest absolute Gasteiger partial charge is 0.494 e. The summed E-state index contributed by atoms with van der Waals surface area (Å²) in [5.41, 5.74) is 0.993. The molecule has 254 valence electrons. The maximum Gasteiger partial charge on any atom is 0.264 e. The van der Waals surface area contributed by atoms with E-state index in [2.05, 4.69) is 21.2 Å². The van der Waals surface area contributed by atoms with Gasteiger partial charge in [-0.2, -0.15) is 0 Å². The highest BCUT2D eigenvalue weighted by molar-refractivity contribution is 9.10. The number of nitrogens with one attached hydrogen (secondary N) is 1. The predicted octanol–water partition coefficient (Wildman–Crippen LogP) is 7.90. The first kappa shape index (κ1) is 37.3. The average Bonchev–Trinajstić information content (AvgIpc) is 3.03. The van der Waals surface area contributed by atoms with E-state index in [1.807, 2.05) is 58.0 Å². The minimum atomic E-state index is -4.26. The van der Waals surface area contributed by atoms with Gasteiger partial charge < -0.3 is 15.0 Å². The van der Waals surface area contributed by atoms with Crippen LogP contribution in [0.25, 0.3) is 0 Å². The van der Waals surface area contributed by atoms with Crippen LogP contribution in [0.1, 0.15) is 38.8 Å². The number of anilines is 1. The van der Waals surface area contributed by atoms with Crippen molar-refractivity contribution < 1.29 is 22.7 Å². The molecule has 4 aromatic carbocycles. The van der Waals surface area contributed by atoms with Gasteiger partial charge in [0.25, 0.3) is 10.0 Å². The van der Waals surface area contributed by atoms with Gasteiger partial charge in [-0.15, -0.1) is 0 Å². The molecule has 0 saturated carbocycles. The number of rotatable bonds is 13. The number of nitrogens with zero attached hydrogens (tertiary/aromatic N) is 2. The third-order valence-electron chi connectivity index (χ3n) is 7.24. The first-order chi connectivity index (χ1) is 22.7. The van der Waals surface area contributed by atoms with Crippen molar-refractivity contribution in [3.05, 3.63) is 123 Å². The van der Waals surface area contributed by atoms with Crippen molar-refractivity contribution in [1.82, 2.24) is 10.2 Å². The Morgan fingerprint density at radius 2 is 1.56 bits per heavy atom. The Morgan fingerprint density at radius 3 is 2.15 bits per heavy atom. The molecule has 8 nitrogen and oxygen atoms in total. The fourth-order valence-electron chi connectivity index (χ4n) is 4.98. The monoisotopic (exact) mass is 773 g/mol. The Bertz CT molecular complexity index is 1820. The second-order valence-electron chi connectivity index (χ2n) is 12.1. The molecular formula is C36H38BrCl2N3O5S. The van der Waals surface area contributed by atoms with Crippen LogP contribution in [0.3, 0.4) is 0 Å².